The van der Waals surface area contributed by atoms with Gasteiger partial charge >= 0.3 is 0 Å². The van der Waals surface area contributed by atoms with Gasteiger partial charge < -0.3 is 4.57 Å². The van der Waals surface area contributed by atoms with E-state index in [0.29, 0.717) is 11.5 Å². The largest absolute Gasteiger partial charge is 0.322 e. The Morgan fingerprint density at radius 1 is 1.19 bits per heavy atom. The van der Waals surface area contributed by atoms with Crippen LogP contribution in [0.1, 0.15) is 57.3 Å². The van der Waals surface area contributed by atoms with Crippen LogP contribution in [0.3, 0.4) is 0 Å². The van der Waals surface area contributed by atoms with Crippen molar-refractivity contribution in [1.82, 2.24) is 9.55 Å². The third-order valence-electron chi connectivity index (χ3n) is 5.09. The lowest BCUT2D eigenvalue weighted by molar-refractivity contribution is 0.378. The second kappa shape index (κ2) is 4.10. The molecular weight excluding hydrogens is 258 g/mol. The molecule has 1 aromatic heterocycles. The summed E-state index contributed by atoms with van der Waals surface area (Å²) in [5, 5.41) is 9.10. The second-order valence-corrected chi connectivity index (χ2v) is 7.72. The van der Waals surface area contributed by atoms with Gasteiger partial charge in [-0.25, -0.2) is 4.98 Å². The first-order valence-electron chi connectivity index (χ1n) is 7.90. The molecule has 2 atom stereocenters. The normalized spacial score (nSPS) is 27.6. The van der Waals surface area contributed by atoms with Gasteiger partial charge in [0.15, 0.2) is 0 Å². The molecule has 0 N–H and O–H groups in total. The topological polar surface area (TPSA) is 41.6 Å². The summed E-state index contributed by atoms with van der Waals surface area (Å²) in [5.74, 6) is 3.75. The third kappa shape index (κ3) is 1.97. The average molecular weight is 279 g/mol. The highest BCUT2D eigenvalue weighted by Gasteiger charge is 2.47. The Labute approximate surface area is 125 Å². The van der Waals surface area contributed by atoms with E-state index in [1.807, 2.05) is 12.1 Å². The molecule has 0 amide bonds. The van der Waals surface area contributed by atoms with Crippen molar-refractivity contribution in [3.8, 4) is 6.07 Å². The fourth-order valence-electron chi connectivity index (χ4n) is 4.07. The van der Waals surface area contributed by atoms with E-state index in [4.69, 9.17) is 10.2 Å². The molecule has 0 saturated heterocycles. The molecule has 1 aromatic carbocycles. The van der Waals surface area contributed by atoms with Crippen LogP contribution in [0.15, 0.2) is 18.2 Å². The maximum Gasteiger partial charge on any atom is 0.113 e. The van der Waals surface area contributed by atoms with Gasteiger partial charge in [-0.3, -0.25) is 0 Å². The summed E-state index contributed by atoms with van der Waals surface area (Å²) in [5.41, 5.74) is 2.85. The average Bonchev–Trinajstić information content (AvgIpc) is 2.87. The first-order valence-corrected chi connectivity index (χ1v) is 7.90. The molecule has 2 aliphatic carbocycles. The van der Waals surface area contributed by atoms with Crippen molar-refractivity contribution in [3.05, 3.63) is 29.6 Å². The van der Waals surface area contributed by atoms with E-state index in [2.05, 4.69) is 37.5 Å². The number of fused-ring (bicyclic) bond motifs is 2. The van der Waals surface area contributed by atoms with Gasteiger partial charge in [0.25, 0.3) is 0 Å². The molecule has 3 nitrogen and oxygen atoms in total. The van der Waals surface area contributed by atoms with Crippen LogP contribution in [0.4, 0.5) is 0 Å². The van der Waals surface area contributed by atoms with Crippen LogP contribution in [0.5, 0.6) is 0 Å². The van der Waals surface area contributed by atoms with E-state index in [-0.39, 0.29) is 5.54 Å². The van der Waals surface area contributed by atoms with Crippen LogP contribution in [-0.2, 0) is 5.54 Å². The molecule has 3 heteroatoms. The summed E-state index contributed by atoms with van der Waals surface area (Å²) in [4.78, 5) is 4.94. The number of benzene rings is 1. The minimum absolute atomic E-state index is 0.0189. The fraction of sp³-hybridized carbons (Fsp3) is 0.556. The van der Waals surface area contributed by atoms with Gasteiger partial charge in [0.1, 0.15) is 5.82 Å². The van der Waals surface area contributed by atoms with Crippen molar-refractivity contribution in [2.24, 2.45) is 11.8 Å². The van der Waals surface area contributed by atoms with Crippen LogP contribution in [0, 0.1) is 23.2 Å². The smallest absolute Gasteiger partial charge is 0.113 e. The summed E-state index contributed by atoms with van der Waals surface area (Å²) in [7, 11) is 0. The molecule has 108 valence electrons. The summed E-state index contributed by atoms with van der Waals surface area (Å²) in [6, 6.07) is 8.11. The Kier molecular flexibility index (Phi) is 2.52. The number of nitriles is 1. The predicted octanol–water partition coefficient (Wildman–Crippen LogP) is 4.18. The van der Waals surface area contributed by atoms with Gasteiger partial charge in [-0.1, -0.05) is 0 Å². The van der Waals surface area contributed by atoms with Crippen LogP contribution in [0.2, 0.25) is 0 Å². The van der Waals surface area contributed by atoms with Crippen LogP contribution in [-0.4, -0.2) is 9.55 Å². The highest BCUT2D eigenvalue weighted by molar-refractivity contribution is 5.78. The predicted molar refractivity (Wildman–Crippen MR) is 83.0 cm³/mol. The van der Waals surface area contributed by atoms with Gasteiger partial charge in [-0.2, -0.15) is 5.26 Å². The molecule has 2 saturated carbocycles. The lowest BCUT2D eigenvalue weighted by atomic mass is 10.00. The lowest BCUT2D eigenvalue weighted by Gasteiger charge is -2.27. The Balaban J connectivity index is 1.89. The quantitative estimate of drug-likeness (QED) is 0.786. The number of nitrogens with zero attached hydrogens (tertiary/aromatic N) is 3. The maximum absolute atomic E-state index is 9.10. The Morgan fingerprint density at radius 2 is 1.90 bits per heavy atom. The molecule has 0 radical (unpaired) electrons. The maximum atomic E-state index is 9.10. The van der Waals surface area contributed by atoms with Crippen molar-refractivity contribution in [3.63, 3.8) is 0 Å². The Bertz CT molecular complexity index is 747. The van der Waals surface area contributed by atoms with Gasteiger partial charge in [-0.05, 0) is 70.1 Å². The first-order chi connectivity index (χ1) is 9.97. The lowest BCUT2D eigenvalue weighted by Crippen LogP contribution is -2.25. The Morgan fingerprint density at radius 3 is 2.52 bits per heavy atom. The molecule has 0 aliphatic heterocycles. The molecule has 2 unspecified atom stereocenters. The molecular formula is C18H21N3. The summed E-state index contributed by atoms with van der Waals surface area (Å²) in [6.07, 6.45) is 4.04. The zero-order valence-corrected chi connectivity index (χ0v) is 12.9. The van der Waals surface area contributed by atoms with Crippen molar-refractivity contribution in [2.45, 2.75) is 51.5 Å². The molecule has 1 heterocycles. The molecule has 4 rings (SSSR count). The summed E-state index contributed by atoms with van der Waals surface area (Å²) < 4.78 is 2.40. The van der Waals surface area contributed by atoms with E-state index in [1.165, 1.54) is 25.1 Å². The molecule has 0 bridgehead atoms. The number of hydrogen-bond donors (Lipinski definition) is 0. The van der Waals surface area contributed by atoms with E-state index in [0.717, 1.165) is 22.9 Å². The third-order valence-corrected chi connectivity index (χ3v) is 5.09. The first kappa shape index (κ1) is 12.9. The highest BCUT2D eigenvalue weighted by atomic mass is 15.1. The number of hydrogen-bond acceptors (Lipinski definition) is 2. The molecule has 2 fully saturated rings. The van der Waals surface area contributed by atoms with Crippen LogP contribution < -0.4 is 0 Å². The van der Waals surface area contributed by atoms with E-state index < -0.39 is 0 Å². The van der Waals surface area contributed by atoms with Crippen LogP contribution in [0.25, 0.3) is 11.0 Å². The van der Waals surface area contributed by atoms with Crippen molar-refractivity contribution < 1.29 is 0 Å². The zero-order valence-electron chi connectivity index (χ0n) is 12.9. The summed E-state index contributed by atoms with van der Waals surface area (Å²) in [6.45, 7) is 6.72. The van der Waals surface area contributed by atoms with E-state index in [1.54, 1.807) is 0 Å². The zero-order chi connectivity index (χ0) is 14.8. The number of aromatic nitrogens is 2. The molecule has 21 heavy (non-hydrogen) atoms. The van der Waals surface area contributed by atoms with E-state index in [9.17, 15) is 0 Å². The van der Waals surface area contributed by atoms with Gasteiger partial charge in [0.2, 0.25) is 0 Å². The summed E-state index contributed by atoms with van der Waals surface area (Å²) >= 11 is 0. The SMILES string of the molecule is CC(C)(C)n1c(C2CC3CC3C2)nc2cc(C#N)ccc21. The van der Waals surface area contributed by atoms with E-state index >= 15 is 0 Å². The van der Waals surface area contributed by atoms with Crippen LogP contribution >= 0.6 is 0 Å². The molecule has 0 spiro atoms. The minimum Gasteiger partial charge on any atom is -0.322 e. The van der Waals surface area contributed by atoms with Crippen molar-refractivity contribution in [2.75, 3.05) is 0 Å². The molecule has 2 aliphatic rings. The van der Waals surface area contributed by atoms with Gasteiger partial charge in [-0.15, -0.1) is 0 Å². The monoisotopic (exact) mass is 279 g/mol. The number of rotatable bonds is 1. The second-order valence-electron chi connectivity index (χ2n) is 7.72. The fourth-order valence-corrected chi connectivity index (χ4v) is 4.07. The van der Waals surface area contributed by atoms with Gasteiger partial charge in [0.05, 0.1) is 22.7 Å². The molecule has 2 aromatic rings. The van der Waals surface area contributed by atoms with Gasteiger partial charge in [0, 0.05) is 11.5 Å². The standard InChI is InChI=1S/C18H21N3/c1-18(2,3)21-16-5-4-11(10-19)6-15(16)20-17(21)14-8-12-7-13(12)9-14/h4-6,12-14H,7-9H2,1-3H3. The number of imidazole rings is 1. The van der Waals surface area contributed by atoms with Crippen molar-refractivity contribution in [1.29, 1.82) is 5.26 Å². The van der Waals surface area contributed by atoms with Crippen molar-refractivity contribution >= 4 is 11.0 Å². The highest BCUT2D eigenvalue weighted by Crippen LogP contribution is 2.57. The minimum atomic E-state index is 0.0189. The Hall–Kier alpha value is -1.82.